The van der Waals surface area contributed by atoms with Crippen LogP contribution in [0.5, 0.6) is 0 Å². The molecule has 1 aliphatic heterocycles. The number of hydrogen-bond donors (Lipinski definition) is 1. The molecule has 0 saturated carbocycles. The van der Waals surface area contributed by atoms with Crippen molar-refractivity contribution in [3.63, 3.8) is 0 Å². The number of benzene rings is 1. The normalized spacial score (nSPS) is 19.7. The first-order valence-corrected chi connectivity index (χ1v) is 6.31. The van der Waals surface area contributed by atoms with E-state index < -0.39 is 0 Å². The van der Waals surface area contributed by atoms with Crippen molar-refractivity contribution in [1.29, 1.82) is 0 Å². The van der Waals surface area contributed by atoms with Gasteiger partial charge in [0.2, 0.25) is 0 Å². The molecule has 0 fully saturated rings. The van der Waals surface area contributed by atoms with Crippen molar-refractivity contribution in [1.82, 2.24) is 4.90 Å². The van der Waals surface area contributed by atoms with Crippen molar-refractivity contribution >= 4 is 39.4 Å². The fourth-order valence-electron chi connectivity index (χ4n) is 1.88. The smallest absolute Gasteiger partial charge is 0.346 e. The van der Waals surface area contributed by atoms with Gasteiger partial charge in [0.05, 0.1) is 0 Å². The van der Waals surface area contributed by atoms with E-state index >= 15 is 0 Å². The number of likely N-dealkylation sites (N-methyl/N-ethyl adjacent to an activating group) is 1. The molecule has 1 unspecified atom stereocenters. The van der Waals surface area contributed by atoms with Crippen molar-refractivity contribution in [2.45, 2.75) is 13.0 Å². The van der Waals surface area contributed by atoms with E-state index in [4.69, 9.17) is 17.3 Å². The monoisotopic (exact) mass is 315 g/mol. The molecule has 0 saturated heterocycles. The molecule has 4 nitrogen and oxygen atoms in total. The molecule has 1 aromatic carbocycles. The molecule has 0 spiro atoms. The van der Waals surface area contributed by atoms with Crippen LogP contribution in [0.3, 0.4) is 0 Å². The summed E-state index contributed by atoms with van der Waals surface area (Å²) in [5, 5.41) is 0.574. The van der Waals surface area contributed by atoms with Gasteiger partial charge in [-0.2, -0.15) is 4.99 Å². The number of carbonyl (C=O) groups excluding carboxylic acids is 1. The SMILES string of the molecule is CCN1C(=O)N=C(N)C1c1cc(Br)ccc1Cl. The van der Waals surface area contributed by atoms with Crippen LogP contribution in [0.2, 0.25) is 5.02 Å². The molecule has 2 N–H and O–H groups in total. The summed E-state index contributed by atoms with van der Waals surface area (Å²) in [7, 11) is 0. The average Bonchev–Trinajstić information content (AvgIpc) is 2.56. The number of hydrogen-bond acceptors (Lipinski definition) is 2. The van der Waals surface area contributed by atoms with Crippen molar-refractivity contribution in [3.05, 3.63) is 33.3 Å². The van der Waals surface area contributed by atoms with Gasteiger partial charge in [0.1, 0.15) is 11.9 Å². The fraction of sp³-hybridized carbons (Fsp3) is 0.273. The second kappa shape index (κ2) is 4.66. The Kier molecular flexibility index (Phi) is 3.40. The number of urea groups is 1. The molecule has 1 aromatic rings. The van der Waals surface area contributed by atoms with Crippen molar-refractivity contribution < 1.29 is 4.79 Å². The number of amidine groups is 1. The molecule has 2 rings (SSSR count). The van der Waals surface area contributed by atoms with Gasteiger partial charge in [0, 0.05) is 21.6 Å². The minimum atomic E-state index is -0.363. The Balaban J connectivity index is 2.48. The van der Waals surface area contributed by atoms with Crippen LogP contribution in [0.1, 0.15) is 18.5 Å². The van der Waals surface area contributed by atoms with Gasteiger partial charge in [-0.3, -0.25) is 0 Å². The predicted molar refractivity (Wildman–Crippen MR) is 71.3 cm³/mol. The zero-order valence-corrected chi connectivity index (χ0v) is 11.5. The quantitative estimate of drug-likeness (QED) is 0.912. The molecule has 0 aromatic heterocycles. The van der Waals surface area contributed by atoms with E-state index in [2.05, 4.69) is 20.9 Å². The molecule has 6 heteroatoms. The molecule has 0 aliphatic carbocycles. The first kappa shape index (κ1) is 12.4. The molecule has 1 heterocycles. The highest BCUT2D eigenvalue weighted by Crippen LogP contribution is 2.33. The number of rotatable bonds is 2. The van der Waals surface area contributed by atoms with Crippen molar-refractivity contribution in [3.8, 4) is 0 Å². The second-order valence-corrected chi connectivity index (χ2v) is 5.00. The lowest BCUT2D eigenvalue weighted by Gasteiger charge is -2.23. The zero-order chi connectivity index (χ0) is 12.6. The summed E-state index contributed by atoms with van der Waals surface area (Å²) >= 11 is 9.52. The van der Waals surface area contributed by atoms with E-state index in [0.29, 0.717) is 11.6 Å². The molecule has 1 aliphatic rings. The Morgan fingerprint density at radius 1 is 1.59 bits per heavy atom. The zero-order valence-electron chi connectivity index (χ0n) is 9.15. The summed E-state index contributed by atoms with van der Waals surface area (Å²) in [6, 6.07) is 4.79. The van der Waals surface area contributed by atoms with Gasteiger partial charge < -0.3 is 10.6 Å². The predicted octanol–water partition coefficient (Wildman–Crippen LogP) is 2.96. The van der Waals surface area contributed by atoms with Gasteiger partial charge in [-0.05, 0) is 25.1 Å². The van der Waals surface area contributed by atoms with Crippen LogP contribution >= 0.6 is 27.5 Å². The van der Waals surface area contributed by atoms with Gasteiger partial charge in [0.15, 0.2) is 0 Å². The lowest BCUT2D eigenvalue weighted by atomic mass is 10.1. The van der Waals surface area contributed by atoms with Gasteiger partial charge in [-0.1, -0.05) is 27.5 Å². The number of carbonyl (C=O) groups is 1. The van der Waals surface area contributed by atoms with Crippen molar-refractivity contribution in [2.75, 3.05) is 6.54 Å². The van der Waals surface area contributed by atoms with E-state index in [1.165, 1.54) is 0 Å². The Bertz CT molecular complexity index is 503. The maximum absolute atomic E-state index is 11.6. The maximum atomic E-state index is 11.6. The summed E-state index contributed by atoms with van der Waals surface area (Å²) in [4.78, 5) is 17.0. The van der Waals surface area contributed by atoms with E-state index in [-0.39, 0.29) is 17.9 Å². The Morgan fingerprint density at radius 2 is 2.29 bits per heavy atom. The molecule has 2 amide bonds. The number of nitrogens with two attached hydrogens (primary N) is 1. The van der Waals surface area contributed by atoms with E-state index in [1.807, 2.05) is 19.1 Å². The number of halogens is 2. The molecule has 0 bridgehead atoms. The molecule has 90 valence electrons. The summed E-state index contributed by atoms with van der Waals surface area (Å²) in [6.07, 6.45) is 0. The molecular formula is C11H11BrClN3O. The summed E-state index contributed by atoms with van der Waals surface area (Å²) < 4.78 is 0.889. The fourth-order valence-corrected chi connectivity index (χ4v) is 2.47. The highest BCUT2D eigenvalue weighted by Gasteiger charge is 2.34. The third-order valence-electron chi connectivity index (χ3n) is 2.66. The van der Waals surface area contributed by atoms with Gasteiger partial charge in [0.25, 0.3) is 0 Å². The lowest BCUT2D eigenvalue weighted by Crippen LogP contribution is -2.33. The van der Waals surface area contributed by atoms with Crippen LogP contribution < -0.4 is 5.73 Å². The van der Waals surface area contributed by atoms with Gasteiger partial charge in [-0.15, -0.1) is 0 Å². The van der Waals surface area contributed by atoms with Gasteiger partial charge >= 0.3 is 6.03 Å². The Labute approximate surface area is 113 Å². The minimum Gasteiger partial charge on any atom is -0.385 e. The molecule has 17 heavy (non-hydrogen) atoms. The molecule has 0 radical (unpaired) electrons. The Hall–Kier alpha value is -1.07. The van der Waals surface area contributed by atoms with Crippen LogP contribution in [0.25, 0.3) is 0 Å². The van der Waals surface area contributed by atoms with Crippen LogP contribution in [0.4, 0.5) is 4.79 Å². The molecule has 1 atom stereocenters. The largest absolute Gasteiger partial charge is 0.385 e. The van der Waals surface area contributed by atoms with Crippen LogP contribution in [0, 0.1) is 0 Å². The first-order valence-electron chi connectivity index (χ1n) is 5.14. The Morgan fingerprint density at radius 3 is 2.94 bits per heavy atom. The van der Waals surface area contributed by atoms with E-state index in [1.54, 1.807) is 11.0 Å². The number of aliphatic imine (C=N–C) groups is 1. The number of amides is 2. The highest BCUT2D eigenvalue weighted by atomic mass is 79.9. The highest BCUT2D eigenvalue weighted by molar-refractivity contribution is 9.10. The van der Waals surface area contributed by atoms with Gasteiger partial charge in [-0.25, -0.2) is 4.79 Å². The van der Waals surface area contributed by atoms with Crippen molar-refractivity contribution in [2.24, 2.45) is 10.7 Å². The summed E-state index contributed by atoms with van der Waals surface area (Å²) in [5.41, 5.74) is 6.59. The van der Waals surface area contributed by atoms with Crippen LogP contribution in [-0.4, -0.2) is 23.3 Å². The lowest BCUT2D eigenvalue weighted by molar-refractivity contribution is 0.210. The summed E-state index contributed by atoms with van der Waals surface area (Å²) in [5.74, 6) is 0.289. The standard InChI is InChI=1S/C11H11BrClN3O/c1-2-16-9(10(14)15-11(16)17)7-5-6(12)3-4-8(7)13/h3-5,9H,2H2,1H3,(H2,14,15,17). The van der Waals surface area contributed by atoms with Crippen LogP contribution in [0.15, 0.2) is 27.7 Å². The minimum absolute atomic E-state index is 0.289. The second-order valence-electron chi connectivity index (χ2n) is 3.67. The topological polar surface area (TPSA) is 58.7 Å². The summed E-state index contributed by atoms with van der Waals surface area (Å²) in [6.45, 7) is 2.42. The third-order valence-corrected chi connectivity index (χ3v) is 3.49. The third kappa shape index (κ3) is 2.17. The number of nitrogens with zero attached hydrogens (tertiary/aromatic N) is 2. The van der Waals surface area contributed by atoms with E-state index in [0.717, 1.165) is 10.0 Å². The first-order chi connectivity index (χ1) is 8.04. The van der Waals surface area contributed by atoms with E-state index in [9.17, 15) is 4.79 Å². The van der Waals surface area contributed by atoms with Crippen LogP contribution in [-0.2, 0) is 0 Å². The average molecular weight is 317 g/mol. The maximum Gasteiger partial charge on any atom is 0.346 e. The molecular weight excluding hydrogens is 305 g/mol.